The maximum absolute atomic E-state index is 14.4. The molecular weight excluding hydrogens is 506 g/mol. The van der Waals surface area contributed by atoms with Crippen LogP contribution in [-0.2, 0) is 11.2 Å². The zero-order valence-corrected chi connectivity index (χ0v) is 23.6. The summed E-state index contributed by atoms with van der Waals surface area (Å²) in [6.45, 7) is 3.77. The second kappa shape index (κ2) is 12.4. The van der Waals surface area contributed by atoms with Crippen LogP contribution in [0.3, 0.4) is 0 Å². The van der Waals surface area contributed by atoms with Crippen LogP contribution >= 0.6 is 11.7 Å². The monoisotopic (exact) mass is 528 g/mol. The number of ketones is 1. The average Bonchev–Trinajstić information content (AvgIpc) is 3.31. The number of benzene rings is 3. The van der Waals surface area contributed by atoms with E-state index in [1.807, 2.05) is 13.8 Å². The fraction of sp³-hybridized carbons (Fsp3) is 0.185. The summed E-state index contributed by atoms with van der Waals surface area (Å²) < 4.78 is 33.3. The number of carboxylic acid groups (broad SMARTS) is 1. The van der Waals surface area contributed by atoms with Crippen LogP contribution < -0.4 is 44.1 Å². The number of hydrogen-bond donors (Lipinski definition) is 0. The zero-order chi connectivity index (χ0) is 25.8. The van der Waals surface area contributed by atoms with E-state index < -0.39 is 17.6 Å². The van der Waals surface area contributed by atoms with E-state index in [1.54, 1.807) is 48.5 Å². The summed E-state index contributed by atoms with van der Waals surface area (Å²) in [6, 6.07) is 15.4. The SMILES string of the molecule is COc1ccc(C/C(C(=O)c2ccc(OC(C)C)cc2)=C(\C(=O)[O-])c2ccc3nsnc3c2)cc1F.[Na+]. The Morgan fingerprint density at radius 2 is 1.65 bits per heavy atom. The Labute approximate surface area is 239 Å². The van der Waals surface area contributed by atoms with Crippen LogP contribution in [0.2, 0.25) is 0 Å². The molecular formula is C27H22FN2NaO5S. The number of aliphatic carboxylic acids is 1. The standard InChI is InChI=1S/C27H23FN2O5S.Na/c1-15(2)35-19-8-5-17(6-9-19)26(31)20(12-16-4-11-24(34-3)21(28)13-16)25(27(32)33)18-7-10-22-23(14-18)30-36-29-22;/h4-11,13-15H,12H2,1-3H3,(H,32,33);/q;+1/p-1/b25-20+;. The molecule has 3 aromatic carbocycles. The summed E-state index contributed by atoms with van der Waals surface area (Å²) in [5.74, 6) is -2.07. The Hall–Kier alpha value is -3.11. The third-order valence-corrected chi connectivity index (χ3v) is 5.96. The van der Waals surface area contributed by atoms with Gasteiger partial charge in [-0.05, 0) is 73.5 Å². The molecule has 0 aliphatic rings. The fourth-order valence-electron chi connectivity index (χ4n) is 3.79. The van der Waals surface area contributed by atoms with E-state index in [0.29, 0.717) is 22.3 Å². The van der Waals surface area contributed by atoms with Gasteiger partial charge in [0.1, 0.15) is 16.8 Å². The molecule has 0 spiro atoms. The number of aromatic nitrogens is 2. The Balaban J connectivity index is 0.00000380. The van der Waals surface area contributed by atoms with Crippen molar-refractivity contribution in [1.29, 1.82) is 0 Å². The van der Waals surface area contributed by atoms with Gasteiger partial charge >= 0.3 is 29.6 Å². The molecule has 10 heteroatoms. The van der Waals surface area contributed by atoms with Gasteiger partial charge in [0, 0.05) is 23.1 Å². The van der Waals surface area contributed by atoms with Crippen molar-refractivity contribution in [3.05, 3.63) is 88.7 Å². The van der Waals surface area contributed by atoms with Gasteiger partial charge in [-0.2, -0.15) is 8.75 Å². The molecule has 184 valence electrons. The topological polar surface area (TPSA) is 101 Å². The molecule has 4 aromatic rings. The second-order valence-corrected chi connectivity index (χ2v) is 8.80. The molecule has 0 N–H and O–H groups in total. The van der Waals surface area contributed by atoms with Crippen molar-refractivity contribution in [2.24, 2.45) is 0 Å². The van der Waals surface area contributed by atoms with Gasteiger partial charge < -0.3 is 19.4 Å². The predicted molar refractivity (Wildman–Crippen MR) is 133 cm³/mol. The predicted octanol–water partition coefficient (Wildman–Crippen LogP) is 1.26. The molecule has 0 radical (unpaired) electrons. The summed E-state index contributed by atoms with van der Waals surface area (Å²) >= 11 is 0.995. The van der Waals surface area contributed by atoms with Crippen molar-refractivity contribution in [3.8, 4) is 11.5 Å². The number of carbonyl (C=O) groups excluding carboxylic acids is 2. The molecule has 0 bridgehead atoms. The van der Waals surface area contributed by atoms with Gasteiger partial charge in [0.2, 0.25) is 0 Å². The maximum atomic E-state index is 14.4. The largest absolute Gasteiger partial charge is 1.00 e. The molecule has 0 amide bonds. The van der Waals surface area contributed by atoms with Gasteiger partial charge in [-0.3, -0.25) is 4.79 Å². The van der Waals surface area contributed by atoms with Crippen molar-refractivity contribution in [2.45, 2.75) is 26.4 Å². The first-order valence-corrected chi connectivity index (χ1v) is 11.8. The minimum absolute atomic E-state index is 0. The third kappa shape index (κ3) is 6.61. The molecule has 0 saturated carbocycles. The number of Topliss-reactive ketones (excluding diaryl/α,β-unsaturated/α-hetero) is 1. The van der Waals surface area contributed by atoms with Crippen LogP contribution in [0.15, 0.2) is 66.2 Å². The van der Waals surface area contributed by atoms with Crippen LogP contribution in [0.4, 0.5) is 4.39 Å². The number of nitrogens with zero attached hydrogens (tertiary/aromatic N) is 2. The van der Waals surface area contributed by atoms with E-state index in [2.05, 4.69) is 8.75 Å². The minimum Gasteiger partial charge on any atom is -0.545 e. The molecule has 4 rings (SSSR count). The number of hydrogen-bond acceptors (Lipinski definition) is 8. The molecule has 1 heterocycles. The summed E-state index contributed by atoms with van der Waals surface area (Å²) in [5, 5.41) is 12.4. The molecule has 0 aliphatic carbocycles. The van der Waals surface area contributed by atoms with E-state index >= 15 is 0 Å². The third-order valence-electron chi connectivity index (χ3n) is 5.41. The summed E-state index contributed by atoms with van der Waals surface area (Å²) in [4.78, 5) is 26.1. The first kappa shape index (κ1) is 28.5. The van der Waals surface area contributed by atoms with Gasteiger partial charge in [-0.15, -0.1) is 0 Å². The van der Waals surface area contributed by atoms with Crippen molar-refractivity contribution in [1.82, 2.24) is 8.75 Å². The first-order valence-electron chi connectivity index (χ1n) is 11.1. The number of carbonyl (C=O) groups is 2. The molecule has 0 fully saturated rings. The van der Waals surface area contributed by atoms with Crippen LogP contribution in [0, 0.1) is 5.82 Å². The van der Waals surface area contributed by atoms with Crippen LogP contribution in [0.1, 0.15) is 35.3 Å². The number of carboxylic acids is 1. The molecule has 0 atom stereocenters. The van der Waals surface area contributed by atoms with Gasteiger partial charge in [0.15, 0.2) is 17.3 Å². The Bertz CT molecular complexity index is 1470. The minimum atomic E-state index is -1.53. The smallest absolute Gasteiger partial charge is 0.545 e. The summed E-state index contributed by atoms with van der Waals surface area (Å²) in [7, 11) is 1.34. The van der Waals surface area contributed by atoms with Crippen LogP contribution in [0.5, 0.6) is 11.5 Å². The molecule has 7 nitrogen and oxygen atoms in total. The van der Waals surface area contributed by atoms with Crippen molar-refractivity contribution in [3.63, 3.8) is 0 Å². The molecule has 0 aliphatic heterocycles. The Morgan fingerprint density at radius 1 is 0.973 bits per heavy atom. The number of fused-ring (bicyclic) bond motifs is 1. The molecule has 1 aromatic heterocycles. The number of ether oxygens (including phenoxy) is 2. The van der Waals surface area contributed by atoms with Gasteiger partial charge in [0.05, 0.1) is 30.9 Å². The van der Waals surface area contributed by atoms with Crippen LogP contribution in [0.25, 0.3) is 16.6 Å². The average molecular weight is 529 g/mol. The van der Waals surface area contributed by atoms with E-state index in [1.165, 1.54) is 19.2 Å². The summed E-state index contributed by atoms with van der Waals surface area (Å²) in [5.41, 5.74) is 1.64. The Kier molecular flexibility index (Phi) is 9.56. The van der Waals surface area contributed by atoms with E-state index in [0.717, 1.165) is 11.7 Å². The van der Waals surface area contributed by atoms with Crippen molar-refractivity contribution < 1.29 is 58.1 Å². The van der Waals surface area contributed by atoms with Crippen molar-refractivity contribution >= 4 is 40.1 Å². The number of halogens is 1. The zero-order valence-electron chi connectivity index (χ0n) is 20.8. The number of rotatable bonds is 9. The van der Waals surface area contributed by atoms with Gasteiger partial charge in [-0.25, -0.2) is 4.39 Å². The van der Waals surface area contributed by atoms with Gasteiger partial charge in [0.25, 0.3) is 0 Å². The number of allylic oxidation sites excluding steroid dienone is 1. The quantitative estimate of drug-likeness (QED) is 0.183. The fourth-order valence-corrected chi connectivity index (χ4v) is 4.31. The normalized spacial score (nSPS) is 11.6. The van der Waals surface area contributed by atoms with Crippen LogP contribution in [-0.4, -0.2) is 33.7 Å². The maximum Gasteiger partial charge on any atom is 1.00 e. The van der Waals surface area contributed by atoms with E-state index in [9.17, 15) is 19.1 Å². The van der Waals surface area contributed by atoms with E-state index in [-0.39, 0.29) is 70.1 Å². The second-order valence-electron chi connectivity index (χ2n) is 8.27. The first-order chi connectivity index (χ1) is 17.3. The van der Waals surface area contributed by atoms with Crippen molar-refractivity contribution in [2.75, 3.05) is 7.11 Å². The van der Waals surface area contributed by atoms with Gasteiger partial charge in [-0.1, -0.05) is 12.1 Å². The molecule has 0 saturated heterocycles. The Morgan fingerprint density at radius 3 is 2.27 bits per heavy atom. The summed E-state index contributed by atoms with van der Waals surface area (Å²) in [6.07, 6.45) is -0.201. The molecule has 0 unspecified atom stereocenters. The molecule has 37 heavy (non-hydrogen) atoms. The number of methoxy groups -OCH3 is 1. The van der Waals surface area contributed by atoms with E-state index in [4.69, 9.17) is 9.47 Å².